The molecule has 84 valence electrons. The first-order chi connectivity index (χ1) is 6.67. The summed E-state index contributed by atoms with van der Waals surface area (Å²) in [4.78, 5) is 13.4. The number of hydrogen-bond donors (Lipinski definition) is 1. The van der Waals surface area contributed by atoms with E-state index in [1.54, 1.807) is 12.0 Å². The molecule has 1 atom stereocenters. The Labute approximate surface area is 86.4 Å². The van der Waals surface area contributed by atoms with Crippen LogP contribution in [0.4, 0.5) is 0 Å². The number of hydrogen-bond acceptors (Lipinski definition) is 3. The fourth-order valence-electron chi connectivity index (χ4n) is 1.31. The van der Waals surface area contributed by atoms with Crippen molar-refractivity contribution in [1.29, 1.82) is 0 Å². The second kappa shape index (κ2) is 7.76. The molecule has 0 aliphatic heterocycles. The summed E-state index contributed by atoms with van der Waals surface area (Å²) in [6.45, 7) is 3.85. The number of ether oxygens (including phenoxy) is 1. The average Bonchev–Trinajstić information content (AvgIpc) is 2.19. The van der Waals surface area contributed by atoms with Gasteiger partial charge in [0.15, 0.2) is 0 Å². The zero-order valence-corrected chi connectivity index (χ0v) is 9.45. The zero-order valence-electron chi connectivity index (χ0n) is 9.45. The Balaban J connectivity index is 3.84. The first-order valence-electron chi connectivity index (χ1n) is 5.11. The number of methoxy groups -OCH3 is 1. The zero-order chi connectivity index (χ0) is 11.0. The Morgan fingerprint density at radius 2 is 2.21 bits per heavy atom. The van der Waals surface area contributed by atoms with Crippen LogP contribution < -0.4 is 5.73 Å². The van der Waals surface area contributed by atoms with Crippen LogP contribution in [0, 0.1) is 5.92 Å². The van der Waals surface area contributed by atoms with Gasteiger partial charge in [-0.3, -0.25) is 4.79 Å². The number of nitrogens with zero attached hydrogens (tertiary/aromatic N) is 1. The molecule has 0 saturated carbocycles. The maximum atomic E-state index is 11.7. The molecule has 0 heterocycles. The minimum atomic E-state index is -0.0254. The lowest BCUT2D eigenvalue weighted by molar-refractivity contribution is -0.134. The van der Waals surface area contributed by atoms with E-state index in [2.05, 4.69) is 0 Å². The lowest BCUT2D eigenvalue weighted by atomic mass is 10.1. The van der Waals surface area contributed by atoms with Gasteiger partial charge in [0.2, 0.25) is 5.91 Å². The van der Waals surface area contributed by atoms with Crippen molar-refractivity contribution in [3.05, 3.63) is 0 Å². The Morgan fingerprint density at radius 1 is 1.57 bits per heavy atom. The van der Waals surface area contributed by atoms with Gasteiger partial charge in [-0.1, -0.05) is 6.92 Å². The summed E-state index contributed by atoms with van der Waals surface area (Å²) in [6.07, 6.45) is 1.68. The average molecular weight is 202 g/mol. The first-order valence-corrected chi connectivity index (χ1v) is 5.11. The Kier molecular flexibility index (Phi) is 7.42. The largest absolute Gasteiger partial charge is 0.385 e. The molecule has 0 aromatic rings. The van der Waals surface area contributed by atoms with Crippen molar-refractivity contribution < 1.29 is 9.53 Å². The normalized spacial score (nSPS) is 12.6. The van der Waals surface area contributed by atoms with Gasteiger partial charge in [-0.15, -0.1) is 0 Å². The summed E-state index contributed by atoms with van der Waals surface area (Å²) in [6, 6.07) is 0. The highest BCUT2D eigenvalue weighted by atomic mass is 16.5. The second-order valence-corrected chi connectivity index (χ2v) is 3.45. The molecule has 0 aliphatic rings. The third-order valence-corrected chi connectivity index (χ3v) is 2.34. The topological polar surface area (TPSA) is 55.6 Å². The smallest absolute Gasteiger partial charge is 0.226 e. The summed E-state index contributed by atoms with van der Waals surface area (Å²) < 4.78 is 4.92. The molecule has 0 saturated heterocycles. The molecular formula is C10H22N2O2. The molecular weight excluding hydrogens is 180 g/mol. The van der Waals surface area contributed by atoms with Gasteiger partial charge in [0, 0.05) is 33.9 Å². The van der Waals surface area contributed by atoms with E-state index in [1.165, 1.54) is 0 Å². The first kappa shape index (κ1) is 13.4. The Bertz CT molecular complexity index is 158. The lowest BCUT2D eigenvalue weighted by Crippen LogP contribution is -2.37. The third-order valence-electron chi connectivity index (χ3n) is 2.34. The standard InChI is InChI=1S/C10H22N2O2/c1-4-9(8-11)10(13)12(2)6-5-7-14-3/h9H,4-8,11H2,1-3H3. The molecule has 0 spiro atoms. The van der Waals surface area contributed by atoms with Crippen molar-refractivity contribution in [2.24, 2.45) is 11.7 Å². The molecule has 2 N–H and O–H groups in total. The van der Waals surface area contributed by atoms with Crippen LogP contribution >= 0.6 is 0 Å². The molecule has 4 heteroatoms. The molecule has 0 fully saturated rings. The van der Waals surface area contributed by atoms with Gasteiger partial charge in [0.25, 0.3) is 0 Å². The van der Waals surface area contributed by atoms with Gasteiger partial charge < -0.3 is 15.4 Å². The molecule has 14 heavy (non-hydrogen) atoms. The fourth-order valence-corrected chi connectivity index (χ4v) is 1.31. The molecule has 0 bridgehead atoms. The van der Waals surface area contributed by atoms with Crippen LogP contribution in [0.1, 0.15) is 19.8 Å². The van der Waals surface area contributed by atoms with Gasteiger partial charge in [-0.05, 0) is 12.8 Å². The molecule has 0 aliphatic carbocycles. The molecule has 0 radical (unpaired) electrons. The lowest BCUT2D eigenvalue weighted by Gasteiger charge is -2.21. The van der Waals surface area contributed by atoms with Gasteiger partial charge in [0.05, 0.1) is 5.92 Å². The summed E-state index contributed by atoms with van der Waals surface area (Å²) in [5.74, 6) is 0.119. The Morgan fingerprint density at radius 3 is 2.64 bits per heavy atom. The summed E-state index contributed by atoms with van der Waals surface area (Å²) in [5.41, 5.74) is 5.50. The van der Waals surface area contributed by atoms with Crippen LogP contribution in [-0.2, 0) is 9.53 Å². The van der Waals surface area contributed by atoms with Crippen LogP contribution in [0.25, 0.3) is 0 Å². The number of carbonyl (C=O) groups excluding carboxylic acids is 1. The molecule has 1 unspecified atom stereocenters. The van der Waals surface area contributed by atoms with Crippen LogP contribution in [-0.4, -0.2) is 44.7 Å². The maximum absolute atomic E-state index is 11.7. The quantitative estimate of drug-likeness (QED) is 0.610. The van der Waals surface area contributed by atoms with E-state index < -0.39 is 0 Å². The van der Waals surface area contributed by atoms with Crippen molar-refractivity contribution >= 4 is 5.91 Å². The summed E-state index contributed by atoms with van der Waals surface area (Å²) >= 11 is 0. The molecule has 0 rings (SSSR count). The summed E-state index contributed by atoms with van der Waals surface area (Å²) in [7, 11) is 3.48. The second-order valence-electron chi connectivity index (χ2n) is 3.45. The predicted octanol–water partition coefficient (Wildman–Crippen LogP) is 0.466. The predicted molar refractivity (Wildman–Crippen MR) is 57.0 cm³/mol. The fraction of sp³-hybridized carbons (Fsp3) is 0.900. The van der Waals surface area contributed by atoms with Gasteiger partial charge >= 0.3 is 0 Å². The maximum Gasteiger partial charge on any atom is 0.226 e. The van der Waals surface area contributed by atoms with E-state index >= 15 is 0 Å². The van der Waals surface area contributed by atoms with Crippen LogP contribution in [0.5, 0.6) is 0 Å². The van der Waals surface area contributed by atoms with Crippen LogP contribution in [0.3, 0.4) is 0 Å². The minimum absolute atomic E-state index is 0.0254. The van der Waals surface area contributed by atoms with E-state index in [9.17, 15) is 4.79 Å². The highest BCUT2D eigenvalue weighted by molar-refractivity contribution is 5.78. The SMILES string of the molecule is CCC(CN)C(=O)N(C)CCCOC. The van der Waals surface area contributed by atoms with E-state index in [1.807, 2.05) is 14.0 Å². The van der Waals surface area contributed by atoms with Gasteiger partial charge in [0.1, 0.15) is 0 Å². The third kappa shape index (κ3) is 4.58. The van der Waals surface area contributed by atoms with E-state index in [0.717, 1.165) is 19.4 Å². The molecule has 4 nitrogen and oxygen atoms in total. The molecule has 1 amide bonds. The number of rotatable bonds is 7. The van der Waals surface area contributed by atoms with Crippen molar-refractivity contribution in [3.63, 3.8) is 0 Å². The van der Waals surface area contributed by atoms with Crippen LogP contribution in [0.2, 0.25) is 0 Å². The van der Waals surface area contributed by atoms with Crippen molar-refractivity contribution in [2.75, 3.05) is 33.9 Å². The minimum Gasteiger partial charge on any atom is -0.385 e. The number of carbonyl (C=O) groups is 1. The van der Waals surface area contributed by atoms with Crippen molar-refractivity contribution in [1.82, 2.24) is 4.90 Å². The number of amides is 1. The molecule has 0 aromatic heterocycles. The van der Waals surface area contributed by atoms with Gasteiger partial charge in [-0.25, -0.2) is 0 Å². The summed E-state index contributed by atoms with van der Waals surface area (Å²) in [5, 5.41) is 0. The van der Waals surface area contributed by atoms with E-state index in [4.69, 9.17) is 10.5 Å². The van der Waals surface area contributed by atoms with Gasteiger partial charge in [-0.2, -0.15) is 0 Å². The highest BCUT2D eigenvalue weighted by Gasteiger charge is 2.17. The van der Waals surface area contributed by atoms with Crippen molar-refractivity contribution in [2.45, 2.75) is 19.8 Å². The highest BCUT2D eigenvalue weighted by Crippen LogP contribution is 2.05. The molecule has 0 aromatic carbocycles. The van der Waals surface area contributed by atoms with Crippen molar-refractivity contribution in [3.8, 4) is 0 Å². The number of nitrogens with two attached hydrogens (primary N) is 1. The van der Waals surface area contributed by atoms with E-state index in [-0.39, 0.29) is 11.8 Å². The van der Waals surface area contributed by atoms with Crippen LogP contribution in [0.15, 0.2) is 0 Å². The van der Waals surface area contributed by atoms with E-state index in [0.29, 0.717) is 13.2 Å². The Hall–Kier alpha value is -0.610. The monoisotopic (exact) mass is 202 g/mol.